The van der Waals surface area contributed by atoms with Gasteiger partial charge in [-0.15, -0.1) is 6.58 Å². The van der Waals surface area contributed by atoms with Crippen molar-refractivity contribution >= 4 is 5.91 Å². The lowest BCUT2D eigenvalue weighted by Gasteiger charge is -2.24. The van der Waals surface area contributed by atoms with Gasteiger partial charge < -0.3 is 10.0 Å². The van der Waals surface area contributed by atoms with Crippen molar-refractivity contribution in [2.24, 2.45) is 0 Å². The molecule has 0 spiro atoms. The van der Waals surface area contributed by atoms with Gasteiger partial charge in [-0.05, 0) is 45.2 Å². The van der Waals surface area contributed by atoms with E-state index in [0.29, 0.717) is 6.54 Å². The molecule has 1 atom stereocenters. The van der Waals surface area contributed by atoms with Crippen molar-refractivity contribution in [1.82, 2.24) is 14.7 Å². The van der Waals surface area contributed by atoms with Gasteiger partial charge in [0, 0.05) is 32.7 Å². The van der Waals surface area contributed by atoms with Crippen molar-refractivity contribution < 1.29 is 9.90 Å². The van der Waals surface area contributed by atoms with Crippen molar-refractivity contribution in [1.29, 1.82) is 0 Å². The number of allylic oxidation sites excluding steroid dienone is 1. The third kappa shape index (κ3) is 5.71. The average Bonchev–Trinajstić information content (AvgIpc) is 2.96. The second-order valence-corrected chi connectivity index (χ2v) is 6.54. The van der Waals surface area contributed by atoms with Crippen molar-refractivity contribution in [3.8, 4) is 0 Å². The van der Waals surface area contributed by atoms with E-state index in [9.17, 15) is 9.90 Å². The highest BCUT2D eigenvalue weighted by Crippen LogP contribution is 2.10. The lowest BCUT2D eigenvalue weighted by molar-refractivity contribution is -0.131. The second kappa shape index (κ2) is 9.28. The van der Waals surface area contributed by atoms with Crippen molar-refractivity contribution in [3.63, 3.8) is 0 Å². The van der Waals surface area contributed by atoms with E-state index in [4.69, 9.17) is 0 Å². The first kappa shape index (κ1) is 17.4. The van der Waals surface area contributed by atoms with Crippen LogP contribution in [0.1, 0.15) is 32.1 Å². The van der Waals surface area contributed by atoms with Gasteiger partial charge in [0.1, 0.15) is 0 Å². The maximum absolute atomic E-state index is 12.2. The van der Waals surface area contributed by atoms with Crippen LogP contribution in [0, 0.1) is 0 Å². The van der Waals surface area contributed by atoms with Gasteiger partial charge in [-0.25, -0.2) is 0 Å². The van der Waals surface area contributed by atoms with E-state index >= 15 is 0 Å². The van der Waals surface area contributed by atoms with E-state index < -0.39 is 0 Å². The Bertz CT molecular complexity index is 356. The highest BCUT2D eigenvalue weighted by Gasteiger charge is 2.22. The predicted molar refractivity (Wildman–Crippen MR) is 88.7 cm³/mol. The number of rotatable bonds is 7. The van der Waals surface area contributed by atoms with Gasteiger partial charge in [0.2, 0.25) is 5.91 Å². The molecule has 2 saturated heterocycles. The fourth-order valence-corrected chi connectivity index (χ4v) is 3.32. The first-order valence-corrected chi connectivity index (χ1v) is 8.70. The molecule has 2 fully saturated rings. The Morgan fingerprint density at radius 2 is 1.73 bits per heavy atom. The SMILES string of the molecule is C=CCCC(O)CN1CCCN(CC(=O)N2CCCC2)CC1. The first-order chi connectivity index (χ1) is 10.7. The van der Waals surface area contributed by atoms with E-state index in [-0.39, 0.29) is 12.0 Å². The van der Waals surface area contributed by atoms with E-state index in [0.717, 1.165) is 77.9 Å². The summed E-state index contributed by atoms with van der Waals surface area (Å²) in [6.07, 6.45) is 6.63. The van der Waals surface area contributed by atoms with Crippen LogP contribution in [0.15, 0.2) is 12.7 Å². The lowest BCUT2D eigenvalue weighted by atomic mass is 10.2. The third-order valence-electron chi connectivity index (χ3n) is 4.67. The van der Waals surface area contributed by atoms with Gasteiger partial charge in [0.15, 0.2) is 0 Å². The van der Waals surface area contributed by atoms with Gasteiger partial charge in [-0.2, -0.15) is 0 Å². The number of aliphatic hydroxyl groups excluding tert-OH is 1. The molecule has 5 heteroatoms. The summed E-state index contributed by atoms with van der Waals surface area (Å²) in [5.41, 5.74) is 0. The summed E-state index contributed by atoms with van der Waals surface area (Å²) in [6.45, 7) is 10.7. The molecule has 2 aliphatic rings. The lowest BCUT2D eigenvalue weighted by Crippen LogP contribution is -2.41. The topological polar surface area (TPSA) is 47.0 Å². The van der Waals surface area contributed by atoms with Crippen LogP contribution >= 0.6 is 0 Å². The minimum Gasteiger partial charge on any atom is -0.392 e. The largest absolute Gasteiger partial charge is 0.392 e. The molecule has 22 heavy (non-hydrogen) atoms. The average molecular weight is 309 g/mol. The number of hydrogen-bond donors (Lipinski definition) is 1. The van der Waals surface area contributed by atoms with Gasteiger partial charge >= 0.3 is 0 Å². The van der Waals surface area contributed by atoms with Crippen LogP contribution in [-0.2, 0) is 4.79 Å². The smallest absolute Gasteiger partial charge is 0.236 e. The van der Waals surface area contributed by atoms with Crippen LogP contribution in [0.5, 0.6) is 0 Å². The zero-order chi connectivity index (χ0) is 15.8. The molecular weight excluding hydrogens is 278 g/mol. The van der Waals surface area contributed by atoms with Gasteiger partial charge in [0.25, 0.3) is 0 Å². The molecule has 0 bridgehead atoms. The summed E-state index contributed by atoms with van der Waals surface area (Å²) in [6, 6.07) is 0. The highest BCUT2D eigenvalue weighted by molar-refractivity contribution is 5.78. The second-order valence-electron chi connectivity index (χ2n) is 6.54. The summed E-state index contributed by atoms with van der Waals surface area (Å²) in [4.78, 5) is 18.8. The van der Waals surface area contributed by atoms with Gasteiger partial charge in [-0.3, -0.25) is 14.6 Å². The Kier molecular flexibility index (Phi) is 7.36. The fourth-order valence-electron chi connectivity index (χ4n) is 3.32. The third-order valence-corrected chi connectivity index (χ3v) is 4.67. The Hall–Kier alpha value is -0.910. The molecule has 2 rings (SSSR count). The minimum atomic E-state index is -0.268. The fraction of sp³-hybridized carbons (Fsp3) is 0.824. The van der Waals surface area contributed by atoms with Crippen molar-refractivity contribution in [3.05, 3.63) is 12.7 Å². The summed E-state index contributed by atoms with van der Waals surface area (Å²) >= 11 is 0. The molecule has 5 nitrogen and oxygen atoms in total. The van der Waals surface area contributed by atoms with Crippen LogP contribution in [0.4, 0.5) is 0 Å². The molecular formula is C17H31N3O2. The summed E-state index contributed by atoms with van der Waals surface area (Å²) in [7, 11) is 0. The molecule has 126 valence electrons. The normalized spacial score (nSPS) is 22.5. The van der Waals surface area contributed by atoms with Crippen molar-refractivity contribution in [2.75, 3.05) is 52.4 Å². The van der Waals surface area contributed by atoms with Gasteiger partial charge in [0.05, 0.1) is 12.6 Å². The van der Waals surface area contributed by atoms with E-state index in [2.05, 4.69) is 16.4 Å². The maximum Gasteiger partial charge on any atom is 0.236 e. The highest BCUT2D eigenvalue weighted by atomic mass is 16.3. The predicted octanol–water partition coefficient (Wildman–Crippen LogP) is 0.944. The molecule has 2 aliphatic heterocycles. The molecule has 1 amide bonds. The Labute approximate surface area is 134 Å². The Balaban J connectivity index is 1.70. The quantitative estimate of drug-likeness (QED) is 0.711. The van der Waals surface area contributed by atoms with Gasteiger partial charge in [-0.1, -0.05) is 6.08 Å². The molecule has 0 aliphatic carbocycles. The molecule has 0 aromatic heterocycles. The molecule has 0 aromatic carbocycles. The Morgan fingerprint density at radius 3 is 2.45 bits per heavy atom. The van der Waals surface area contributed by atoms with Crippen LogP contribution in [0.25, 0.3) is 0 Å². The molecule has 1 unspecified atom stereocenters. The minimum absolute atomic E-state index is 0.268. The molecule has 1 N–H and O–H groups in total. The monoisotopic (exact) mass is 309 g/mol. The van der Waals surface area contributed by atoms with E-state index in [1.807, 2.05) is 11.0 Å². The van der Waals surface area contributed by atoms with E-state index in [1.165, 1.54) is 0 Å². The number of likely N-dealkylation sites (tertiary alicyclic amines) is 1. The van der Waals surface area contributed by atoms with E-state index in [1.54, 1.807) is 0 Å². The number of amides is 1. The number of aliphatic hydroxyl groups is 1. The molecule has 0 saturated carbocycles. The zero-order valence-electron chi connectivity index (χ0n) is 13.8. The summed E-state index contributed by atoms with van der Waals surface area (Å²) < 4.78 is 0. The number of hydrogen-bond acceptors (Lipinski definition) is 4. The number of nitrogens with zero attached hydrogens (tertiary/aromatic N) is 3. The van der Waals surface area contributed by atoms with Crippen LogP contribution < -0.4 is 0 Å². The Morgan fingerprint density at radius 1 is 1.05 bits per heavy atom. The first-order valence-electron chi connectivity index (χ1n) is 8.70. The maximum atomic E-state index is 12.2. The standard InChI is InChI=1S/C17H31N3O2/c1-2-3-7-16(21)14-18-8-6-9-19(13-12-18)15-17(22)20-10-4-5-11-20/h2,16,21H,1,3-15H2. The van der Waals surface area contributed by atoms with Crippen molar-refractivity contribution in [2.45, 2.75) is 38.2 Å². The zero-order valence-corrected chi connectivity index (χ0v) is 13.8. The summed E-state index contributed by atoms with van der Waals surface area (Å²) in [5, 5.41) is 10.0. The number of carbonyl (C=O) groups excluding carboxylic acids is 1. The summed E-state index contributed by atoms with van der Waals surface area (Å²) in [5.74, 6) is 0.289. The number of carbonyl (C=O) groups is 1. The molecule has 0 radical (unpaired) electrons. The van der Waals surface area contributed by atoms with Crippen LogP contribution in [0.2, 0.25) is 0 Å². The van der Waals surface area contributed by atoms with Crippen LogP contribution in [-0.4, -0.2) is 84.2 Å². The molecule has 0 aromatic rings. The molecule has 2 heterocycles. The number of β-amino-alcohol motifs (C(OH)–C–C–N with tert-alkyl or cyclic N) is 1. The van der Waals surface area contributed by atoms with Crippen LogP contribution in [0.3, 0.4) is 0 Å².